The van der Waals surface area contributed by atoms with E-state index in [-0.39, 0.29) is 38.2 Å². The van der Waals surface area contributed by atoms with Crippen molar-refractivity contribution < 1.29 is 40.6 Å². The summed E-state index contributed by atoms with van der Waals surface area (Å²) in [5.74, 6) is -13.5. The third-order valence-corrected chi connectivity index (χ3v) is 4.51. The second kappa shape index (κ2) is 13.6. The summed E-state index contributed by atoms with van der Waals surface area (Å²) >= 11 is 0. The van der Waals surface area contributed by atoms with Crippen molar-refractivity contribution in [1.29, 1.82) is 0 Å². The number of halogens is 6. The molecule has 0 aliphatic carbocycles. The van der Waals surface area contributed by atoms with Gasteiger partial charge in [-0.05, 0) is 17.7 Å². The van der Waals surface area contributed by atoms with E-state index in [1.54, 1.807) is 0 Å². The van der Waals surface area contributed by atoms with Crippen molar-refractivity contribution in [2.45, 2.75) is 6.54 Å². The van der Waals surface area contributed by atoms with Crippen molar-refractivity contribution in [3.63, 3.8) is 0 Å². The molecule has 0 fully saturated rings. The summed E-state index contributed by atoms with van der Waals surface area (Å²) in [6.07, 6.45) is 0. The average Bonchev–Trinajstić information content (AvgIpc) is 2.90. The van der Waals surface area contributed by atoms with Crippen LogP contribution in [0.25, 0.3) is 0 Å². The lowest BCUT2D eigenvalue weighted by Gasteiger charge is -2.12. The Labute approximate surface area is 207 Å². The zero-order chi connectivity index (χ0) is 26.8. The number of nitrogens with one attached hydrogen (secondary N) is 2. The Morgan fingerprint density at radius 1 is 0.676 bits per heavy atom. The van der Waals surface area contributed by atoms with Crippen molar-refractivity contribution in [3.05, 3.63) is 64.7 Å². The van der Waals surface area contributed by atoms with Crippen molar-refractivity contribution in [3.8, 4) is 11.8 Å². The van der Waals surface area contributed by atoms with Crippen molar-refractivity contribution >= 4 is 11.9 Å². The molecule has 0 unspecified atom stereocenters. The topological polar surface area (TPSA) is 116 Å². The van der Waals surface area contributed by atoms with E-state index in [2.05, 4.69) is 25.6 Å². The molecular formula is C22H22F6N6O3. The SMILES string of the molecule is NCCOCCOCCNc1nc(NCc2ccc(F)cc2)nc(Oc2c(F)c(F)c(F)c(F)c2F)n1. The highest BCUT2D eigenvalue weighted by Gasteiger charge is 2.28. The number of hydrogen-bond acceptors (Lipinski definition) is 9. The van der Waals surface area contributed by atoms with Crippen LogP contribution in [0.1, 0.15) is 5.56 Å². The number of rotatable bonds is 14. The van der Waals surface area contributed by atoms with Gasteiger partial charge in [0.2, 0.25) is 46.7 Å². The first kappa shape index (κ1) is 27.9. The zero-order valence-corrected chi connectivity index (χ0v) is 19.2. The Kier molecular flexibility index (Phi) is 10.2. The number of benzene rings is 2. The fourth-order valence-electron chi connectivity index (χ4n) is 2.75. The van der Waals surface area contributed by atoms with Crippen LogP contribution in [-0.2, 0) is 16.0 Å². The predicted molar refractivity (Wildman–Crippen MR) is 119 cm³/mol. The lowest BCUT2D eigenvalue weighted by Crippen LogP contribution is -2.16. The second-order valence-electron chi connectivity index (χ2n) is 7.19. The number of anilines is 2. The molecule has 0 spiro atoms. The van der Waals surface area contributed by atoms with E-state index in [0.29, 0.717) is 25.3 Å². The molecule has 0 saturated carbocycles. The lowest BCUT2D eigenvalue weighted by molar-refractivity contribution is 0.0547. The van der Waals surface area contributed by atoms with Gasteiger partial charge in [-0.15, -0.1) is 0 Å². The van der Waals surface area contributed by atoms with Gasteiger partial charge in [-0.2, -0.15) is 23.7 Å². The number of aromatic nitrogens is 3. The number of hydrogen-bond donors (Lipinski definition) is 3. The Morgan fingerprint density at radius 2 is 1.24 bits per heavy atom. The molecule has 0 saturated heterocycles. The molecule has 4 N–H and O–H groups in total. The van der Waals surface area contributed by atoms with E-state index < -0.39 is 46.7 Å². The minimum atomic E-state index is -2.34. The van der Waals surface area contributed by atoms with Crippen LogP contribution in [-0.4, -0.2) is 54.5 Å². The molecule has 200 valence electrons. The number of nitrogens with zero attached hydrogens (tertiary/aromatic N) is 3. The van der Waals surface area contributed by atoms with Gasteiger partial charge in [-0.1, -0.05) is 12.1 Å². The van der Waals surface area contributed by atoms with Crippen LogP contribution in [0.4, 0.5) is 38.2 Å². The minimum Gasteiger partial charge on any atom is -0.418 e. The molecule has 3 rings (SSSR count). The molecule has 0 bridgehead atoms. The maximum atomic E-state index is 14.1. The lowest BCUT2D eigenvalue weighted by atomic mass is 10.2. The Balaban J connectivity index is 1.75. The fourth-order valence-corrected chi connectivity index (χ4v) is 2.75. The Hall–Kier alpha value is -3.69. The minimum absolute atomic E-state index is 0.0949. The standard InChI is InChI=1S/C22H22F6N6O3/c23-13-3-1-12(2-4-13)11-31-21-32-20(30-6-8-36-10-9-35-7-5-29)33-22(34-21)37-19-17(27)15(25)14(24)16(26)18(19)28/h1-4H,5-11,29H2,(H2,30,31,32,33,34). The van der Waals surface area contributed by atoms with Crippen LogP contribution in [0, 0.1) is 34.9 Å². The molecule has 0 amide bonds. The third-order valence-electron chi connectivity index (χ3n) is 4.51. The van der Waals surface area contributed by atoms with Crippen LogP contribution < -0.4 is 21.1 Å². The quantitative estimate of drug-likeness (QED) is 0.124. The van der Waals surface area contributed by atoms with E-state index in [4.69, 9.17) is 19.9 Å². The van der Waals surface area contributed by atoms with Crippen LogP contribution >= 0.6 is 0 Å². The van der Waals surface area contributed by atoms with E-state index in [1.165, 1.54) is 24.3 Å². The van der Waals surface area contributed by atoms with Crippen LogP contribution in [0.5, 0.6) is 11.8 Å². The molecule has 0 atom stereocenters. The molecule has 15 heteroatoms. The molecule has 0 aliphatic rings. The van der Waals surface area contributed by atoms with Gasteiger partial charge in [0.25, 0.3) is 0 Å². The molecule has 1 heterocycles. The maximum absolute atomic E-state index is 14.1. The smallest absolute Gasteiger partial charge is 0.328 e. The summed E-state index contributed by atoms with van der Waals surface area (Å²) in [5.41, 5.74) is 5.93. The normalized spacial score (nSPS) is 11.0. The highest BCUT2D eigenvalue weighted by Crippen LogP contribution is 2.32. The van der Waals surface area contributed by atoms with E-state index in [9.17, 15) is 26.3 Å². The van der Waals surface area contributed by atoms with E-state index >= 15 is 0 Å². The van der Waals surface area contributed by atoms with Crippen molar-refractivity contribution in [2.24, 2.45) is 5.73 Å². The average molecular weight is 532 g/mol. The molecule has 3 aromatic rings. The summed E-state index contributed by atoms with van der Waals surface area (Å²) in [7, 11) is 0. The van der Waals surface area contributed by atoms with Crippen LogP contribution in [0.2, 0.25) is 0 Å². The summed E-state index contributed by atoms with van der Waals surface area (Å²) in [5, 5.41) is 5.55. The molecule has 0 aliphatic heterocycles. The van der Waals surface area contributed by atoms with Gasteiger partial charge >= 0.3 is 6.01 Å². The number of ether oxygens (including phenoxy) is 3. The molecule has 2 aromatic carbocycles. The second-order valence-corrected chi connectivity index (χ2v) is 7.19. The van der Waals surface area contributed by atoms with Gasteiger partial charge in [0.05, 0.1) is 26.4 Å². The van der Waals surface area contributed by atoms with E-state index in [1.807, 2.05) is 0 Å². The first-order valence-electron chi connectivity index (χ1n) is 10.8. The fraction of sp³-hybridized carbons (Fsp3) is 0.318. The summed E-state index contributed by atoms with van der Waals surface area (Å²) in [4.78, 5) is 11.7. The first-order valence-corrected chi connectivity index (χ1v) is 10.8. The molecular weight excluding hydrogens is 510 g/mol. The summed E-state index contributed by atoms with van der Waals surface area (Å²) in [6.45, 7) is 1.85. The molecule has 37 heavy (non-hydrogen) atoms. The molecule has 0 radical (unpaired) electrons. The number of nitrogens with two attached hydrogens (primary N) is 1. The molecule has 9 nitrogen and oxygen atoms in total. The molecule has 1 aromatic heterocycles. The highest BCUT2D eigenvalue weighted by molar-refractivity contribution is 5.39. The first-order chi connectivity index (χ1) is 17.8. The Bertz CT molecular complexity index is 1160. The zero-order valence-electron chi connectivity index (χ0n) is 19.2. The van der Waals surface area contributed by atoms with Crippen molar-refractivity contribution in [2.75, 3.05) is 50.2 Å². The monoisotopic (exact) mass is 532 g/mol. The van der Waals surface area contributed by atoms with Gasteiger partial charge in [0, 0.05) is 19.6 Å². The van der Waals surface area contributed by atoms with Gasteiger partial charge in [-0.25, -0.2) is 17.6 Å². The van der Waals surface area contributed by atoms with Gasteiger partial charge < -0.3 is 30.6 Å². The van der Waals surface area contributed by atoms with Crippen molar-refractivity contribution in [1.82, 2.24) is 15.0 Å². The van der Waals surface area contributed by atoms with Gasteiger partial charge in [0.15, 0.2) is 0 Å². The maximum Gasteiger partial charge on any atom is 0.328 e. The Morgan fingerprint density at radius 3 is 1.86 bits per heavy atom. The highest BCUT2D eigenvalue weighted by atomic mass is 19.2. The van der Waals surface area contributed by atoms with Crippen LogP contribution in [0.3, 0.4) is 0 Å². The summed E-state index contributed by atoms with van der Waals surface area (Å²) in [6, 6.07) is 4.68. The predicted octanol–water partition coefficient (Wildman–Crippen LogP) is 3.51. The van der Waals surface area contributed by atoms with Gasteiger partial charge in [-0.3, -0.25) is 0 Å². The van der Waals surface area contributed by atoms with E-state index in [0.717, 1.165) is 0 Å². The largest absolute Gasteiger partial charge is 0.418 e. The third kappa shape index (κ3) is 7.90. The summed E-state index contributed by atoms with van der Waals surface area (Å²) < 4.78 is 97.1. The van der Waals surface area contributed by atoms with Gasteiger partial charge in [0.1, 0.15) is 5.82 Å². The van der Waals surface area contributed by atoms with Crippen LogP contribution in [0.15, 0.2) is 24.3 Å².